The number of unbranched alkanes of at least 4 members (excludes halogenated alkanes) is 6. The second-order valence-electron chi connectivity index (χ2n) is 4.26. The molecule has 0 N–H and O–H groups in total. The van der Waals surface area contributed by atoms with E-state index in [9.17, 15) is 0 Å². The van der Waals surface area contributed by atoms with Gasteiger partial charge in [0.25, 0.3) is 0 Å². The summed E-state index contributed by atoms with van der Waals surface area (Å²) in [5, 5.41) is 0. The lowest BCUT2D eigenvalue weighted by atomic mass is 10.2. The summed E-state index contributed by atoms with van der Waals surface area (Å²) in [6, 6.07) is 0. The molecule has 0 saturated carbocycles. The van der Waals surface area contributed by atoms with Gasteiger partial charge in [-0.05, 0) is 31.4 Å². The predicted octanol–water partition coefficient (Wildman–Crippen LogP) is 5.75. The fourth-order valence-corrected chi connectivity index (χ4v) is 1.45. The highest BCUT2D eigenvalue weighted by molar-refractivity contribution is 5.00. The molecule has 0 amide bonds. The van der Waals surface area contributed by atoms with Crippen LogP contribution in [-0.2, 0) is 4.74 Å². The number of ether oxygens (including phenoxy) is 1. The Hall–Kier alpha value is -0.980. The van der Waals surface area contributed by atoms with E-state index < -0.39 is 0 Å². The molecule has 0 atom stereocenters. The molecule has 1 heteroatoms. The molecule has 0 aliphatic heterocycles. The standard InChI is InChI=1S/C16H28O/c1-3-5-7-9-11-13-15-17-16-14-12-10-8-6-4-2/h9,11,13-16H,3-8,10,12H2,1-2H3. The molecule has 0 aliphatic rings. The molecule has 0 aromatic rings. The van der Waals surface area contributed by atoms with E-state index in [1.165, 1.54) is 38.5 Å². The monoisotopic (exact) mass is 236 g/mol. The molecule has 0 saturated heterocycles. The Kier molecular flexibility index (Phi) is 14.2. The van der Waals surface area contributed by atoms with Crippen molar-refractivity contribution in [3.05, 3.63) is 36.8 Å². The maximum absolute atomic E-state index is 5.23. The Balaban J connectivity index is 3.27. The molecule has 17 heavy (non-hydrogen) atoms. The van der Waals surface area contributed by atoms with Gasteiger partial charge in [-0.15, -0.1) is 0 Å². The smallest absolute Gasteiger partial charge is 0.0901 e. The van der Waals surface area contributed by atoms with Crippen molar-refractivity contribution in [1.29, 1.82) is 0 Å². The quantitative estimate of drug-likeness (QED) is 0.252. The fourth-order valence-electron chi connectivity index (χ4n) is 1.45. The minimum Gasteiger partial charge on any atom is -0.473 e. The first-order valence-corrected chi connectivity index (χ1v) is 7.04. The first-order valence-electron chi connectivity index (χ1n) is 7.04. The van der Waals surface area contributed by atoms with Gasteiger partial charge in [0.1, 0.15) is 0 Å². The maximum atomic E-state index is 5.23. The molecule has 0 bridgehead atoms. The van der Waals surface area contributed by atoms with E-state index in [0.717, 1.165) is 12.8 Å². The average molecular weight is 236 g/mol. The molecule has 0 aromatic heterocycles. The van der Waals surface area contributed by atoms with Crippen LogP contribution in [0.25, 0.3) is 0 Å². The Labute approximate surface area is 107 Å². The molecular weight excluding hydrogens is 208 g/mol. The molecular formula is C16H28O. The summed E-state index contributed by atoms with van der Waals surface area (Å²) < 4.78 is 5.23. The third kappa shape index (κ3) is 15.0. The summed E-state index contributed by atoms with van der Waals surface area (Å²) in [7, 11) is 0. The summed E-state index contributed by atoms with van der Waals surface area (Å²) in [5.41, 5.74) is 0. The lowest BCUT2D eigenvalue weighted by Gasteiger charge is -1.94. The third-order valence-corrected chi connectivity index (χ3v) is 2.53. The van der Waals surface area contributed by atoms with Crippen molar-refractivity contribution >= 4 is 0 Å². The summed E-state index contributed by atoms with van der Waals surface area (Å²) >= 11 is 0. The minimum atomic E-state index is 1.13. The molecule has 0 unspecified atom stereocenters. The van der Waals surface area contributed by atoms with Gasteiger partial charge in [0.15, 0.2) is 0 Å². The number of hydrogen-bond donors (Lipinski definition) is 0. The summed E-state index contributed by atoms with van der Waals surface area (Å²) in [4.78, 5) is 0. The number of hydrogen-bond acceptors (Lipinski definition) is 1. The van der Waals surface area contributed by atoms with Crippen LogP contribution in [0, 0.1) is 0 Å². The van der Waals surface area contributed by atoms with E-state index in [1.807, 2.05) is 12.2 Å². The van der Waals surface area contributed by atoms with Gasteiger partial charge < -0.3 is 4.74 Å². The van der Waals surface area contributed by atoms with Crippen LogP contribution in [0.1, 0.15) is 65.2 Å². The number of rotatable bonds is 11. The Morgan fingerprint density at radius 1 is 0.706 bits per heavy atom. The maximum Gasteiger partial charge on any atom is 0.0901 e. The van der Waals surface area contributed by atoms with Gasteiger partial charge in [-0.3, -0.25) is 0 Å². The molecule has 0 aliphatic carbocycles. The zero-order valence-corrected chi connectivity index (χ0v) is 11.5. The highest BCUT2D eigenvalue weighted by Crippen LogP contribution is 2.02. The van der Waals surface area contributed by atoms with Gasteiger partial charge in [-0.2, -0.15) is 0 Å². The predicted molar refractivity (Wildman–Crippen MR) is 76.8 cm³/mol. The SMILES string of the molecule is CCCCC=CC=COC=CCCCCCC. The summed E-state index contributed by atoms with van der Waals surface area (Å²) in [6.45, 7) is 4.44. The van der Waals surface area contributed by atoms with Gasteiger partial charge in [0.05, 0.1) is 12.5 Å². The van der Waals surface area contributed by atoms with Gasteiger partial charge >= 0.3 is 0 Å². The van der Waals surface area contributed by atoms with Crippen molar-refractivity contribution in [3.8, 4) is 0 Å². The molecule has 98 valence electrons. The average Bonchev–Trinajstić information content (AvgIpc) is 2.35. The first kappa shape index (κ1) is 16.0. The molecule has 0 aromatic carbocycles. The summed E-state index contributed by atoms with van der Waals surface area (Å²) in [6.07, 6.45) is 21.8. The van der Waals surface area contributed by atoms with Crippen LogP contribution in [-0.4, -0.2) is 0 Å². The highest BCUT2D eigenvalue weighted by atomic mass is 16.5. The molecule has 0 spiro atoms. The molecule has 0 fully saturated rings. The van der Waals surface area contributed by atoms with Gasteiger partial charge in [0, 0.05) is 0 Å². The van der Waals surface area contributed by atoms with Crippen LogP contribution in [0.4, 0.5) is 0 Å². The normalized spacial score (nSPS) is 12.1. The van der Waals surface area contributed by atoms with E-state index in [-0.39, 0.29) is 0 Å². The van der Waals surface area contributed by atoms with Crippen LogP contribution < -0.4 is 0 Å². The highest BCUT2D eigenvalue weighted by Gasteiger charge is 1.83. The molecule has 1 nitrogen and oxygen atoms in total. The second-order valence-corrected chi connectivity index (χ2v) is 4.26. The van der Waals surface area contributed by atoms with Crippen molar-refractivity contribution in [2.24, 2.45) is 0 Å². The lowest BCUT2D eigenvalue weighted by molar-refractivity contribution is 0.400. The van der Waals surface area contributed by atoms with E-state index in [2.05, 4.69) is 26.0 Å². The largest absolute Gasteiger partial charge is 0.473 e. The van der Waals surface area contributed by atoms with Crippen LogP contribution in [0.5, 0.6) is 0 Å². The van der Waals surface area contributed by atoms with E-state index in [4.69, 9.17) is 4.74 Å². The van der Waals surface area contributed by atoms with Gasteiger partial charge in [-0.25, -0.2) is 0 Å². The Bertz CT molecular complexity index is 214. The molecule has 0 radical (unpaired) electrons. The van der Waals surface area contributed by atoms with E-state index in [0.29, 0.717) is 0 Å². The third-order valence-electron chi connectivity index (χ3n) is 2.53. The van der Waals surface area contributed by atoms with Gasteiger partial charge in [0.2, 0.25) is 0 Å². The zero-order valence-electron chi connectivity index (χ0n) is 11.5. The summed E-state index contributed by atoms with van der Waals surface area (Å²) in [5.74, 6) is 0. The van der Waals surface area contributed by atoms with Crippen molar-refractivity contribution in [3.63, 3.8) is 0 Å². The van der Waals surface area contributed by atoms with Gasteiger partial charge in [-0.1, -0.05) is 58.1 Å². The van der Waals surface area contributed by atoms with Crippen LogP contribution in [0.3, 0.4) is 0 Å². The Morgan fingerprint density at radius 3 is 2.24 bits per heavy atom. The lowest BCUT2D eigenvalue weighted by Crippen LogP contribution is -1.74. The van der Waals surface area contributed by atoms with Crippen LogP contribution >= 0.6 is 0 Å². The zero-order chi connectivity index (χ0) is 12.6. The van der Waals surface area contributed by atoms with Crippen molar-refractivity contribution in [2.75, 3.05) is 0 Å². The van der Waals surface area contributed by atoms with Crippen LogP contribution in [0.2, 0.25) is 0 Å². The minimum absolute atomic E-state index is 1.13. The van der Waals surface area contributed by atoms with Crippen LogP contribution in [0.15, 0.2) is 36.8 Å². The second kappa shape index (κ2) is 15.0. The topological polar surface area (TPSA) is 9.23 Å². The number of allylic oxidation sites excluding steroid dienone is 4. The van der Waals surface area contributed by atoms with Crippen molar-refractivity contribution in [2.45, 2.75) is 65.2 Å². The van der Waals surface area contributed by atoms with E-state index in [1.54, 1.807) is 12.5 Å². The Morgan fingerprint density at radius 2 is 1.47 bits per heavy atom. The van der Waals surface area contributed by atoms with Crippen molar-refractivity contribution in [1.82, 2.24) is 0 Å². The molecule has 0 rings (SSSR count). The molecule has 0 heterocycles. The van der Waals surface area contributed by atoms with E-state index >= 15 is 0 Å². The fraction of sp³-hybridized carbons (Fsp3) is 0.625. The van der Waals surface area contributed by atoms with Crippen molar-refractivity contribution < 1.29 is 4.74 Å². The first-order chi connectivity index (χ1) is 8.41.